The van der Waals surface area contributed by atoms with Crippen molar-refractivity contribution in [1.29, 1.82) is 0 Å². The lowest BCUT2D eigenvalue weighted by Crippen LogP contribution is -2.51. The van der Waals surface area contributed by atoms with Crippen molar-refractivity contribution in [2.45, 2.75) is 51.7 Å². The topological polar surface area (TPSA) is 23.5 Å². The molecule has 168 valence electrons. The van der Waals surface area contributed by atoms with E-state index < -0.39 is 5.60 Å². The van der Waals surface area contributed by atoms with Crippen LogP contribution in [-0.2, 0) is 12.0 Å². The molecular formula is C30H37NO. The van der Waals surface area contributed by atoms with Gasteiger partial charge < -0.3 is 5.11 Å². The zero-order valence-corrected chi connectivity index (χ0v) is 19.7. The van der Waals surface area contributed by atoms with E-state index in [1.807, 2.05) is 36.4 Å². The molecule has 4 rings (SSSR count). The van der Waals surface area contributed by atoms with Gasteiger partial charge in [-0.2, -0.15) is 0 Å². The molecule has 1 saturated heterocycles. The first-order valence-corrected chi connectivity index (χ1v) is 12.0. The molecule has 1 atom stereocenters. The van der Waals surface area contributed by atoms with Gasteiger partial charge in [0.05, 0.1) is 0 Å². The van der Waals surface area contributed by atoms with Crippen molar-refractivity contribution >= 4 is 0 Å². The molecule has 1 N–H and O–H groups in total. The fourth-order valence-electron chi connectivity index (χ4n) is 5.47. The number of nitrogens with zero attached hydrogens (tertiary/aromatic N) is 1. The molecule has 3 aromatic carbocycles. The van der Waals surface area contributed by atoms with Crippen LogP contribution in [0.5, 0.6) is 0 Å². The standard InChI is InChI=1S/C30H37NO/c1-29(2,3)28(23-24-13-7-4-8-14-24)31-21-19-27(20-22-31)30(32,25-15-9-5-10-16-25)26-17-11-6-12-18-26/h4-18,27-28,32H,19-23H2,1-3H3. The summed E-state index contributed by atoms with van der Waals surface area (Å²) in [4.78, 5) is 2.67. The predicted molar refractivity (Wildman–Crippen MR) is 134 cm³/mol. The highest BCUT2D eigenvalue weighted by Gasteiger charge is 2.43. The fraction of sp³-hybridized carbons (Fsp3) is 0.400. The summed E-state index contributed by atoms with van der Waals surface area (Å²) in [5.41, 5.74) is 2.64. The molecule has 0 amide bonds. The van der Waals surface area contributed by atoms with E-state index in [0.717, 1.165) is 43.5 Å². The molecule has 1 aliphatic rings. The first-order chi connectivity index (χ1) is 15.4. The number of benzene rings is 3. The maximum absolute atomic E-state index is 12.2. The van der Waals surface area contributed by atoms with Crippen LogP contribution in [0, 0.1) is 11.3 Å². The van der Waals surface area contributed by atoms with Crippen LogP contribution in [0.2, 0.25) is 0 Å². The molecule has 2 heteroatoms. The molecule has 2 nitrogen and oxygen atoms in total. The van der Waals surface area contributed by atoms with E-state index in [2.05, 4.69) is 80.3 Å². The minimum atomic E-state index is -0.953. The van der Waals surface area contributed by atoms with E-state index in [9.17, 15) is 5.11 Å². The van der Waals surface area contributed by atoms with Gasteiger partial charge in [0.15, 0.2) is 0 Å². The van der Waals surface area contributed by atoms with E-state index in [1.165, 1.54) is 5.56 Å². The summed E-state index contributed by atoms with van der Waals surface area (Å²) in [6.07, 6.45) is 3.04. The van der Waals surface area contributed by atoms with Crippen LogP contribution in [0.1, 0.15) is 50.3 Å². The van der Waals surface area contributed by atoms with Crippen molar-refractivity contribution in [2.24, 2.45) is 11.3 Å². The van der Waals surface area contributed by atoms with E-state index in [-0.39, 0.29) is 11.3 Å². The van der Waals surface area contributed by atoms with Crippen molar-refractivity contribution in [3.8, 4) is 0 Å². The lowest BCUT2D eigenvalue weighted by atomic mass is 9.71. The minimum absolute atomic E-state index is 0.192. The Bertz CT molecular complexity index is 914. The Balaban J connectivity index is 1.56. The minimum Gasteiger partial charge on any atom is -0.380 e. The van der Waals surface area contributed by atoms with Crippen LogP contribution < -0.4 is 0 Å². The van der Waals surface area contributed by atoms with Crippen LogP contribution in [0.4, 0.5) is 0 Å². The number of likely N-dealkylation sites (tertiary alicyclic amines) is 1. The SMILES string of the molecule is CC(C)(C)C(Cc1ccccc1)N1CCC(C(O)(c2ccccc2)c2ccccc2)CC1. The quantitative estimate of drug-likeness (QED) is 0.499. The molecule has 0 aromatic heterocycles. The Morgan fingerprint density at radius 2 is 1.19 bits per heavy atom. The number of aliphatic hydroxyl groups is 1. The molecule has 1 fully saturated rings. The highest BCUT2D eigenvalue weighted by molar-refractivity contribution is 5.37. The second-order valence-electron chi connectivity index (χ2n) is 10.4. The van der Waals surface area contributed by atoms with E-state index in [1.54, 1.807) is 0 Å². The van der Waals surface area contributed by atoms with Crippen LogP contribution >= 0.6 is 0 Å². The second kappa shape index (κ2) is 9.60. The third-order valence-corrected chi connectivity index (χ3v) is 7.26. The Morgan fingerprint density at radius 1 is 0.750 bits per heavy atom. The predicted octanol–water partition coefficient (Wildman–Crippen LogP) is 6.29. The number of piperidine rings is 1. The third-order valence-electron chi connectivity index (χ3n) is 7.26. The summed E-state index contributed by atoms with van der Waals surface area (Å²) in [5, 5.41) is 12.2. The van der Waals surface area contributed by atoms with Crippen molar-refractivity contribution in [3.05, 3.63) is 108 Å². The molecule has 0 radical (unpaired) electrons. The molecule has 1 aliphatic heterocycles. The Kier molecular flexibility index (Phi) is 6.83. The maximum atomic E-state index is 12.2. The smallest absolute Gasteiger partial charge is 0.117 e. The van der Waals surface area contributed by atoms with Gasteiger partial charge in [-0.1, -0.05) is 112 Å². The van der Waals surface area contributed by atoms with Crippen molar-refractivity contribution in [3.63, 3.8) is 0 Å². The van der Waals surface area contributed by atoms with Gasteiger partial charge in [-0.15, -0.1) is 0 Å². The molecule has 0 saturated carbocycles. The first kappa shape index (κ1) is 22.8. The van der Waals surface area contributed by atoms with E-state index in [0.29, 0.717) is 6.04 Å². The Labute approximate surface area is 193 Å². The fourth-order valence-corrected chi connectivity index (χ4v) is 5.47. The normalized spacial score (nSPS) is 17.2. The van der Waals surface area contributed by atoms with Crippen molar-refractivity contribution in [2.75, 3.05) is 13.1 Å². The molecule has 32 heavy (non-hydrogen) atoms. The highest BCUT2D eigenvalue weighted by atomic mass is 16.3. The Hall–Kier alpha value is -2.42. The highest BCUT2D eigenvalue weighted by Crippen LogP contribution is 2.43. The van der Waals surface area contributed by atoms with Gasteiger partial charge in [0.25, 0.3) is 0 Å². The van der Waals surface area contributed by atoms with Crippen LogP contribution in [0.15, 0.2) is 91.0 Å². The zero-order valence-electron chi connectivity index (χ0n) is 19.7. The van der Waals surface area contributed by atoms with Crippen LogP contribution in [0.3, 0.4) is 0 Å². The number of hydrogen-bond donors (Lipinski definition) is 1. The largest absolute Gasteiger partial charge is 0.380 e. The lowest BCUT2D eigenvalue weighted by molar-refractivity contribution is -0.0299. The van der Waals surface area contributed by atoms with Crippen molar-refractivity contribution < 1.29 is 5.11 Å². The molecule has 0 bridgehead atoms. The number of rotatable bonds is 6. The average molecular weight is 428 g/mol. The molecule has 3 aromatic rings. The van der Waals surface area contributed by atoms with E-state index in [4.69, 9.17) is 0 Å². The van der Waals surface area contributed by atoms with Crippen LogP contribution in [-0.4, -0.2) is 29.1 Å². The molecule has 0 aliphatic carbocycles. The summed E-state index contributed by atoms with van der Waals surface area (Å²) < 4.78 is 0. The average Bonchev–Trinajstić information content (AvgIpc) is 2.83. The summed E-state index contributed by atoms with van der Waals surface area (Å²) in [5.74, 6) is 0.195. The van der Waals surface area contributed by atoms with Gasteiger partial charge in [0.1, 0.15) is 5.60 Å². The second-order valence-corrected chi connectivity index (χ2v) is 10.4. The molecular weight excluding hydrogens is 390 g/mol. The Morgan fingerprint density at radius 3 is 1.62 bits per heavy atom. The molecule has 0 spiro atoms. The summed E-state index contributed by atoms with van der Waals surface area (Å²) in [6.45, 7) is 9.10. The lowest BCUT2D eigenvalue weighted by Gasteiger charge is -2.47. The van der Waals surface area contributed by atoms with Crippen LogP contribution in [0.25, 0.3) is 0 Å². The third kappa shape index (κ3) is 4.82. The first-order valence-electron chi connectivity index (χ1n) is 12.0. The summed E-state index contributed by atoms with van der Waals surface area (Å²) in [6, 6.07) is 31.8. The van der Waals surface area contributed by atoms with Gasteiger partial charge in [0.2, 0.25) is 0 Å². The van der Waals surface area contributed by atoms with Gasteiger partial charge in [-0.05, 0) is 60.4 Å². The van der Waals surface area contributed by atoms with Gasteiger partial charge in [-0.25, -0.2) is 0 Å². The molecule has 1 unspecified atom stereocenters. The molecule has 1 heterocycles. The van der Waals surface area contributed by atoms with Gasteiger partial charge >= 0.3 is 0 Å². The zero-order chi connectivity index (χ0) is 22.6. The monoisotopic (exact) mass is 427 g/mol. The summed E-state index contributed by atoms with van der Waals surface area (Å²) >= 11 is 0. The van der Waals surface area contributed by atoms with Crippen molar-refractivity contribution in [1.82, 2.24) is 4.90 Å². The van der Waals surface area contributed by atoms with Gasteiger partial charge in [0, 0.05) is 6.04 Å². The maximum Gasteiger partial charge on any atom is 0.117 e. The summed E-state index contributed by atoms with van der Waals surface area (Å²) in [7, 11) is 0. The van der Waals surface area contributed by atoms with Gasteiger partial charge in [-0.3, -0.25) is 4.90 Å². The number of hydrogen-bond acceptors (Lipinski definition) is 2. The van der Waals surface area contributed by atoms with E-state index >= 15 is 0 Å².